The van der Waals surface area contributed by atoms with Crippen LogP contribution in [0.25, 0.3) is 0 Å². The molecule has 0 aliphatic carbocycles. The second-order valence-electron chi connectivity index (χ2n) is 8.00. The first-order valence-electron chi connectivity index (χ1n) is 11.0. The number of guanidine groups is 1. The quantitative estimate of drug-likeness (QED) is 0.343. The van der Waals surface area contributed by atoms with Crippen LogP contribution in [0.4, 0.5) is 5.69 Å². The van der Waals surface area contributed by atoms with Crippen molar-refractivity contribution in [2.24, 2.45) is 12.0 Å². The maximum absolute atomic E-state index is 11.5. The molecule has 0 saturated heterocycles. The number of aliphatic imine (C=N–C) groups is 1. The van der Waals surface area contributed by atoms with Crippen molar-refractivity contribution in [1.29, 1.82) is 0 Å². The van der Waals surface area contributed by atoms with E-state index in [-0.39, 0.29) is 11.9 Å². The first-order valence-corrected chi connectivity index (χ1v) is 11.0. The Morgan fingerprint density at radius 3 is 2.87 bits per heavy atom. The summed E-state index contributed by atoms with van der Waals surface area (Å²) in [7, 11) is 1.98. The molecule has 0 spiro atoms. The number of ether oxygens (including phenoxy) is 1. The molecule has 1 unspecified atom stereocenters. The molecular weight excluding hydrogens is 392 g/mol. The molecule has 0 radical (unpaired) electrons. The summed E-state index contributed by atoms with van der Waals surface area (Å²) in [5, 5.41) is 14.2. The summed E-state index contributed by atoms with van der Waals surface area (Å²) < 4.78 is 7.81. The van der Waals surface area contributed by atoms with Crippen LogP contribution in [-0.4, -0.2) is 47.4 Å². The van der Waals surface area contributed by atoms with E-state index in [1.807, 2.05) is 29.9 Å². The third kappa shape index (κ3) is 5.99. The third-order valence-corrected chi connectivity index (χ3v) is 5.50. The maximum Gasteiger partial charge on any atom is 0.224 e. The van der Waals surface area contributed by atoms with Gasteiger partial charge in [0.15, 0.2) is 5.96 Å². The standard InChI is InChI=1S/C23H34N6O2/c1-6-24-23(26-15(2)13-20-16(3)28-29(5)17(20)4)25-11-12-31-19-8-9-21-18(14-19)7-10-22(30)27-21/h8-9,14-15H,6-7,10-13H2,1-5H3,(H,27,30)(H2,24,25,26). The lowest BCUT2D eigenvalue weighted by molar-refractivity contribution is -0.116. The van der Waals surface area contributed by atoms with Gasteiger partial charge >= 0.3 is 0 Å². The second-order valence-corrected chi connectivity index (χ2v) is 8.00. The van der Waals surface area contributed by atoms with Gasteiger partial charge in [-0.15, -0.1) is 0 Å². The van der Waals surface area contributed by atoms with Gasteiger partial charge in [0, 0.05) is 37.4 Å². The molecule has 0 fully saturated rings. The molecule has 0 saturated carbocycles. The van der Waals surface area contributed by atoms with Gasteiger partial charge in [-0.25, -0.2) is 4.99 Å². The molecule has 1 amide bonds. The number of amides is 1. The number of carbonyl (C=O) groups is 1. The number of rotatable bonds is 8. The number of carbonyl (C=O) groups excluding carboxylic acids is 1. The molecule has 2 aromatic rings. The van der Waals surface area contributed by atoms with E-state index < -0.39 is 0 Å². The molecular formula is C23H34N6O2. The lowest BCUT2D eigenvalue weighted by Gasteiger charge is -2.19. The molecule has 1 aromatic heterocycles. The Balaban J connectivity index is 1.52. The van der Waals surface area contributed by atoms with Gasteiger partial charge in [0.25, 0.3) is 0 Å². The fourth-order valence-electron chi connectivity index (χ4n) is 3.79. The van der Waals surface area contributed by atoms with Crippen LogP contribution in [0.15, 0.2) is 23.2 Å². The van der Waals surface area contributed by atoms with Gasteiger partial charge < -0.3 is 20.7 Å². The normalized spacial score (nSPS) is 14.6. The number of aromatic nitrogens is 2. The summed E-state index contributed by atoms with van der Waals surface area (Å²) in [4.78, 5) is 16.1. The van der Waals surface area contributed by atoms with Crippen molar-refractivity contribution in [3.05, 3.63) is 40.7 Å². The van der Waals surface area contributed by atoms with Crippen molar-refractivity contribution >= 4 is 17.6 Å². The van der Waals surface area contributed by atoms with Gasteiger partial charge in [0.1, 0.15) is 12.4 Å². The van der Waals surface area contributed by atoms with E-state index in [0.717, 1.165) is 48.0 Å². The highest BCUT2D eigenvalue weighted by Gasteiger charge is 2.15. The van der Waals surface area contributed by atoms with Crippen LogP contribution in [0.5, 0.6) is 5.75 Å². The monoisotopic (exact) mass is 426 g/mol. The van der Waals surface area contributed by atoms with E-state index in [4.69, 9.17) is 4.74 Å². The van der Waals surface area contributed by atoms with Crippen molar-refractivity contribution < 1.29 is 9.53 Å². The van der Waals surface area contributed by atoms with E-state index in [2.05, 4.69) is 53.7 Å². The van der Waals surface area contributed by atoms with Gasteiger partial charge in [0.2, 0.25) is 5.91 Å². The van der Waals surface area contributed by atoms with Gasteiger partial charge in [-0.2, -0.15) is 5.10 Å². The van der Waals surface area contributed by atoms with E-state index in [9.17, 15) is 4.79 Å². The molecule has 1 aliphatic heterocycles. The Hall–Kier alpha value is -3.03. The van der Waals surface area contributed by atoms with E-state index >= 15 is 0 Å². The SMILES string of the molecule is CCNC(=NCCOc1ccc2c(c1)CCC(=O)N2)NC(C)Cc1c(C)nn(C)c1C. The van der Waals surface area contributed by atoms with Gasteiger partial charge in [-0.05, 0) is 69.9 Å². The minimum Gasteiger partial charge on any atom is -0.492 e. The molecule has 168 valence electrons. The molecule has 8 heteroatoms. The van der Waals surface area contributed by atoms with Crippen LogP contribution >= 0.6 is 0 Å². The lowest BCUT2D eigenvalue weighted by atomic mass is 10.0. The van der Waals surface area contributed by atoms with Crippen molar-refractivity contribution in [1.82, 2.24) is 20.4 Å². The number of fused-ring (bicyclic) bond motifs is 1. The number of benzene rings is 1. The zero-order chi connectivity index (χ0) is 22.4. The molecule has 2 heterocycles. The minimum absolute atomic E-state index is 0.0713. The lowest BCUT2D eigenvalue weighted by Crippen LogP contribution is -2.43. The number of hydrogen-bond donors (Lipinski definition) is 3. The van der Waals surface area contributed by atoms with Gasteiger partial charge in [0.05, 0.1) is 12.2 Å². The van der Waals surface area contributed by atoms with Crippen molar-refractivity contribution in [3.63, 3.8) is 0 Å². The summed E-state index contributed by atoms with van der Waals surface area (Å²) in [6.45, 7) is 10.2. The number of anilines is 1. The molecule has 0 bridgehead atoms. The van der Waals surface area contributed by atoms with Crippen molar-refractivity contribution in [2.75, 3.05) is 25.0 Å². The summed E-state index contributed by atoms with van der Waals surface area (Å²) in [5.41, 5.74) is 5.56. The zero-order valence-electron chi connectivity index (χ0n) is 19.2. The molecule has 8 nitrogen and oxygen atoms in total. The summed E-state index contributed by atoms with van der Waals surface area (Å²) in [6, 6.07) is 6.01. The van der Waals surface area contributed by atoms with E-state index in [0.29, 0.717) is 19.6 Å². The summed E-state index contributed by atoms with van der Waals surface area (Å²) in [5.74, 6) is 1.66. The molecule has 1 aliphatic rings. The predicted molar refractivity (Wildman–Crippen MR) is 124 cm³/mol. The van der Waals surface area contributed by atoms with Crippen LogP contribution < -0.4 is 20.7 Å². The maximum atomic E-state index is 11.5. The number of nitrogens with zero attached hydrogens (tertiary/aromatic N) is 3. The number of nitrogens with one attached hydrogen (secondary N) is 3. The first kappa shape index (κ1) is 22.7. The Kier molecular flexibility index (Phi) is 7.55. The Labute approximate surface area is 184 Å². The van der Waals surface area contributed by atoms with Crippen molar-refractivity contribution in [3.8, 4) is 5.75 Å². The summed E-state index contributed by atoms with van der Waals surface area (Å²) in [6.07, 6.45) is 2.16. The second kappa shape index (κ2) is 10.3. The molecule has 3 N–H and O–H groups in total. The zero-order valence-corrected chi connectivity index (χ0v) is 19.2. The Morgan fingerprint density at radius 2 is 2.16 bits per heavy atom. The predicted octanol–water partition coefficient (Wildman–Crippen LogP) is 2.49. The third-order valence-electron chi connectivity index (χ3n) is 5.50. The van der Waals surface area contributed by atoms with E-state index in [1.54, 1.807) is 0 Å². The number of hydrogen-bond acceptors (Lipinski definition) is 4. The van der Waals surface area contributed by atoms with Crippen LogP contribution in [0.2, 0.25) is 0 Å². The van der Waals surface area contributed by atoms with Crippen molar-refractivity contribution in [2.45, 2.75) is 53.0 Å². The minimum atomic E-state index is 0.0713. The fraction of sp³-hybridized carbons (Fsp3) is 0.522. The smallest absolute Gasteiger partial charge is 0.224 e. The largest absolute Gasteiger partial charge is 0.492 e. The van der Waals surface area contributed by atoms with Crippen LogP contribution in [0.3, 0.4) is 0 Å². The average Bonchev–Trinajstić information content (AvgIpc) is 2.97. The average molecular weight is 427 g/mol. The Bertz CT molecular complexity index is 950. The molecule has 31 heavy (non-hydrogen) atoms. The fourth-order valence-corrected chi connectivity index (χ4v) is 3.79. The van der Waals surface area contributed by atoms with Gasteiger partial charge in [-0.3, -0.25) is 9.48 Å². The van der Waals surface area contributed by atoms with Gasteiger partial charge in [-0.1, -0.05) is 0 Å². The Morgan fingerprint density at radius 1 is 1.35 bits per heavy atom. The topological polar surface area (TPSA) is 92.6 Å². The first-order chi connectivity index (χ1) is 14.9. The van der Waals surface area contributed by atoms with Crippen LogP contribution in [0.1, 0.15) is 42.8 Å². The molecule has 3 rings (SSSR count). The highest BCUT2D eigenvalue weighted by atomic mass is 16.5. The highest BCUT2D eigenvalue weighted by molar-refractivity contribution is 5.94. The van der Waals surface area contributed by atoms with Crippen LogP contribution in [-0.2, 0) is 24.7 Å². The molecule has 1 atom stereocenters. The van der Waals surface area contributed by atoms with Crippen LogP contribution in [0, 0.1) is 13.8 Å². The highest BCUT2D eigenvalue weighted by Crippen LogP contribution is 2.26. The summed E-state index contributed by atoms with van der Waals surface area (Å²) >= 11 is 0. The number of aryl methyl sites for hydroxylation is 3. The van der Waals surface area contributed by atoms with E-state index in [1.165, 1.54) is 11.3 Å². The molecule has 1 aromatic carbocycles.